The number of rotatable bonds is 3. The molecule has 1 fully saturated rings. The average molecular weight is 194 g/mol. The number of oxazole rings is 1. The van der Waals surface area contributed by atoms with Gasteiger partial charge in [0.05, 0.1) is 12.7 Å². The van der Waals surface area contributed by atoms with Crippen LogP contribution < -0.4 is 5.32 Å². The van der Waals surface area contributed by atoms with Gasteiger partial charge < -0.3 is 9.73 Å². The predicted molar refractivity (Wildman–Crippen MR) is 55.0 cm³/mol. The summed E-state index contributed by atoms with van der Waals surface area (Å²) in [6.45, 7) is 3.06. The van der Waals surface area contributed by atoms with Gasteiger partial charge in [-0.15, -0.1) is 0 Å². The molecule has 2 unspecified atom stereocenters. The fraction of sp³-hybridized carbons (Fsp3) is 0.727. The molecular formula is C11H18N2O. The van der Waals surface area contributed by atoms with Crippen molar-refractivity contribution in [2.75, 3.05) is 7.05 Å². The van der Waals surface area contributed by atoms with Crippen molar-refractivity contribution < 1.29 is 4.42 Å². The lowest BCUT2D eigenvalue weighted by atomic mass is 9.98. The van der Waals surface area contributed by atoms with Crippen molar-refractivity contribution in [3.8, 4) is 0 Å². The van der Waals surface area contributed by atoms with Crippen LogP contribution in [-0.2, 0) is 6.54 Å². The van der Waals surface area contributed by atoms with E-state index in [0.29, 0.717) is 5.92 Å². The Kier molecular flexibility index (Phi) is 2.87. The van der Waals surface area contributed by atoms with Crippen molar-refractivity contribution >= 4 is 0 Å². The Morgan fingerprint density at radius 2 is 2.43 bits per heavy atom. The maximum Gasteiger partial charge on any atom is 0.197 e. The van der Waals surface area contributed by atoms with Crippen LogP contribution in [0.5, 0.6) is 0 Å². The molecule has 0 bridgehead atoms. The highest BCUT2D eigenvalue weighted by molar-refractivity contribution is 5.02. The minimum atomic E-state index is 0.556. The van der Waals surface area contributed by atoms with Crippen molar-refractivity contribution in [2.24, 2.45) is 5.92 Å². The van der Waals surface area contributed by atoms with E-state index in [9.17, 15) is 0 Å². The Morgan fingerprint density at radius 1 is 1.57 bits per heavy atom. The van der Waals surface area contributed by atoms with Crippen LogP contribution in [0.3, 0.4) is 0 Å². The van der Waals surface area contributed by atoms with Gasteiger partial charge in [-0.2, -0.15) is 0 Å². The Labute approximate surface area is 84.9 Å². The summed E-state index contributed by atoms with van der Waals surface area (Å²) in [5.74, 6) is 3.18. The predicted octanol–water partition coefficient (Wildman–Crippen LogP) is 2.30. The molecule has 1 saturated carbocycles. The van der Waals surface area contributed by atoms with Crippen LogP contribution in [0.15, 0.2) is 10.6 Å². The van der Waals surface area contributed by atoms with Crippen LogP contribution in [0, 0.1) is 5.92 Å². The zero-order valence-corrected chi connectivity index (χ0v) is 8.92. The van der Waals surface area contributed by atoms with Gasteiger partial charge in [0, 0.05) is 5.92 Å². The summed E-state index contributed by atoms with van der Waals surface area (Å²) < 4.78 is 5.70. The molecule has 1 heterocycles. The molecule has 1 N–H and O–H groups in total. The van der Waals surface area contributed by atoms with E-state index in [1.165, 1.54) is 19.3 Å². The van der Waals surface area contributed by atoms with E-state index >= 15 is 0 Å². The summed E-state index contributed by atoms with van der Waals surface area (Å²) in [6.07, 6.45) is 5.71. The molecule has 14 heavy (non-hydrogen) atoms. The topological polar surface area (TPSA) is 38.1 Å². The Balaban J connectivity index is 2.08. The molecule has 1 aliphatic rings. The third-order valence-electron chi connectivity index (χ3n) is 3.10. The zero-order chi connectivity index (χ0) is 9.97. The highest BCUT2D eigenvalue weighted by atomic mass is 16.4. The van der Waals surface area contributed by atoms with E-state index in [2.05, 4.69) is 17.2 Å². The van der Waals surface area contributed by atoms with Crippen LogP contribution in [0.25, 0.3) is 0 Å². The summed E-state index contributed by atoms with van der Waals surface area (Å²) in [6, 6.07) is 0. The molecule has 3 heteroatoms. The monoisotopic (exact) mass is 194 g/mol. The Hall–Kier alpha value is -0.830. The van der Waals surface area contributed by atoms with E-state index in [1.807, 2.05) is 13.2 Å². The molecule has 0 spiro atoms. The fourth-order valence-corrected chi connectivity index (χ4v) is 2.26. The number of nitrogens with zero attached hydrogens (tertiary/aromatic N) is 1. The second-order valence-electron chi connectivity index (χ2n) is 4.21. The molecule has 78 valence electrons. The molecule has 1 aliphatic carbocycles. The van der Waals surface area contributed by atoms with Crippen LogP contribution in [0.1, 0.15) is 43.8 Å². The van der Waals surface area contributed by atoms with Crippen LogP contribution in [0.2, 0.25) is 0 Å². The first kappa shape index (κ1) is 9.71. The lowest BCUT2D eigenvalue weighted by molar-refractivity contribution is 0.377. The van der Waals surface area contributed by atoms with Gasteiger partial charge in [0.25, 0.3) is 0 Å². The smallest absolute Gasteiger partial charge is 0.197 e. The normalized spacial score (nSPS) is 27.0. The van der Waals surface area contributed by atoms with Crippen molar-refractivity contribution in [3.05, 3.63) is 17.8 Å². The van der Waals surface area contributed by atoms with E-state index in [-0.39, 0.29) is 0 Å². The minimum absolute atomic E-state index is 0.556. The van der Waals surface area contributed by atoms with Gasteiger partial charge >= 0.3 is 0 Å². The summed E-state index contributed by atoms with van der Waals surface area (Å²) >= 11 is 0. The van der Waals surface area contributed by atoms with Crippen molar-refractivity contribution in [3.63, 3.8) is 0 Å². The lowest BCUT2D eigenvalue weighted by Gasteiger charge is -2.09. The van der Waals surface area contributed by atoms with Gasteiger partial charge in [-0.05, 0) is 25.8 Å². The Bertz CT molecular complexity index is 295. The fourth-order valence-electron chi connectivity index (χ4n) is 2.26. The maximum atomic E-state index is 5.70. The molecular weight excluding hydrogens is 176 g/mol. The van der Waals surface area contributed by atoms with Crippen LogP contribution in [-0.4, -0.2) is 12.0 Å². The van der Waals surface area contributed by atoms with Gasteiger partial charge in [-0.25, -0.2) is 4.98 Å². The molecule has 2 atom stereocenters. The van der Waals surface area contributed by atoms with Crippen molar-refractivity contribution in [2.45, 2.75) is 38.6 Å². The first-order chi connectivity index (χ1) is 6.81. The summed E-state index contributed by atoms with van der Waals surface area (Å²) in [5, 5.41) is 3.07. The molecule has 1 aromatic rings. The molecule has 3 nitrogen and oxygen atoms in total. The first-order valence-corrected chi connectivity index (χ1v) is 5.40. The second-order valence-corrected chi connectivity index (χ2v) is 4.21. The summed E-state index contributed by atoms with van der Waals surface area (Å²) in [7, 11) is 1.92. The number of nitrogens with one attached hydrogen (secondary N) is 1. The number of aromatic nitrogens is 1. The molecule has 2 rings (SSSR count). The van der Waals surface area contributed by atoms with E-state index in [0.717, 1.165) is 24.1 Å². The van der Waals surface area contributed by atoms with Crippen LogP contribution in [0.4, 0.5) is 0 Å². The second kappa shape index (κ2) is 4.13. The quantitative estimate of drug-likeness (QED) is 0.802. The molecule has 0 aromatic carbocycles. The number of hydrogen-bond acceptors (Lipinski definition) is 3. The number of hydrogen-bond donors (Lipinski definition) is 1. The van der Waals surface area contributed by atoms with Crippen LogP contribution >= 0.6 is 0 Å². The van der Waals surface area contributed by atoms with Gasteiger partial charge in [0.2, 0.25) is 0 Å². The highest BCUT2D eigenvalue weighted by Gasteiger charge is 2.28. The third kappa shape index (κ3) is 1.82. The summed E-state index contributed by atoms with van der Waals surface area (Å²) in [5.41, 5.74) is 0. The standard InChI is InChI=1S/C11H18N2O/c1-8-4-3-5-10(8)11-13-7-9(14-11)6-12-2/h7-8,10,12H,3-6H2,1-2H3. The van der Waals surface area contributed by atoms with Gasteiger partial charge in [-0.1, -0.05) is 13.3 Å². The molecule has 0 saturated heterocycles. The van der Waals surface area contributed by atoms with E-state index in [1.54, 1.807) is 0 Å². The maximum absolute atomic E-state index is 5.70. The van der Waals surface area contributed by atoms with E-state index < -0.39 is 0 Å². The molecule has 0 amide bonds. The lowest BCUT2D eigenvalue weighted by Crippen LogP contribution is -2.04. The van der Waals surface area contributed by atoms with Crippen molar-refractivity contribution in [1.29, 1.82) is 0 Å². The summed E-state index contributed by atoms with van der Waals surface area (Å²) in [4.78, 5) is 4.36. The van der Waals surface area contributed by atoms with Gasteiger partial charge in [0.15, 0.2) is 5.89 Å². The van der Waals surface area contributed by atoms with Gasteiger partial charge in [-0.3, -0.25) is 0 Å². The average Bonchev–Trinajstić information content (AvgIpc) is 2.74. The largest absolute Gasteiger partial charge is 0.444 e. The molecule has 1 aromatic heterocycles. The SMILES string of the molecule is CNCc1cnc(C2CCCC2C)o1. The molecule has 0 aliphatic heterocycles. The third-order valence-corrected chi connectivity index (χ3v) is 3.10. The molecule has 0 radical (unpaired) electrons. The highest BCUT2D eigenvalue weighted by Crippen LogP contribution is 2.38. The Morgan fingerprint density at radius 3 is 3.07 bits per heavy atom. The van der Waals surface area contributed by atoms with E-state index in [4.69, 9.17) is 4.42 Å². The zero-order valence-electron chi connectivity index (χ0n) is 8.92. The van der Waals surface area contributed by atoms with Gasteiger partial charge in [0.1, 0.15) is 5.76 Å². The minimum Gasteiger partial charge on any atom is -0.444 e. The van der Waals surface area contributed by atoms with Crippen molar-refractivity contribution in [1.82, 2.24) is 10.3 Å². The first-order valence-electron chi connectivity index (χ1n) is 5.40.